The zero-order valence-corrected chi connectivity index (χ0v) is 16.1. The Hall–Kier alpha value is -3.16. The van der Waals surface area contributed by atoms with Crippen LogP contribution in [-0.4, -0.2) is 31.7 Å². The van der Waals surface area contributed by atoms with E-state index in [0.717, 1.165) is 34.0 Å². The molecule has 7 nitrogen and oxygen atoms in total. The summed E-state index contributed by atoms with van der Waals surface area (Å²) in [4.78, 5) is 4.12. The van der Waals surface area contributed by atoms with Crippen LogP contribution in [0.1, 0.15) is 18.2 Å². The zero-order chi connectivity index (χ0) is 19.7. The summed E-state index contributed by atoms with van der Waals surface area (Å²) in [6.45, 7) is 3.88. The lowest BCUT2D eigenvalue weighted by Gasteiger charge is -2.07. The number of fused-ring (bicyclic) bond motifs is 2. The van der Waals surface area contributed by atoms with E-state index in [1.807, 2.05) is 39.2 Å². The maximum atomic E-state index is 13.9. The summed E-state index contributed by atoms with van der Waals surface area (Å²) in [6.07, 6.45) is 4.47. The van der Waals surface area contributed by atoms with Crippen molar-refractivity contribution < 1.29 is 9.13 Å². The lowest BCUT2D eigenvalue weighted by atomic mass is 10.1. The van der Waals surface area contributed by atoms with E-state index < -0.39 is 0 Å². The third kappa shape index (κ3) is 3.55. The third-order valence-electron chi connectivity index (χ3n) is 4.27. The minimum absolute atomic E-state index is 0.309. The van der Waals surface area contributed by atoms with Crippen LogP contribution in [0.2, 0.25) is 0 Å². The first-order chi connectivity index (χ1) is 12.8. The molecule has 0 spiro atoms. The van der Waals surface area contributed by atoms with Crippen LogP contribution in [0.25, 0.3) is 21.8 Å². The monoisotopic (exact) mass is 370 g/mol. The second kappa shape index (κ2) is 7.22. The molecule has 8 heteroatoms. The number of nitrogens with two attached hydrogens (primary N) is 1. The summed E-state index contributed by atoms with van der Waals surface area (Å²) in [5.41, 5.74) is 8.63. The largest absolute Gasteiger partial charge is 0.493 e. The second-order valence-corrected chi connectivity index (χ2v) is 6.35. The van der Waals surface area contributed by atoms with Crippen molar-refractivity contribution in [1.82, 2.24) is 24.5 Å². The van der Waals surface area contributed by atoms with E-state index in [1.165, 1.54) is 7.11 Å². The van der Waals surface area contributed by atoms with Crippen molar-refractivity contribution in [3.63, 3.8) is 0 Å². The topological polar surface area (TPSA) is 83.8 Å². The summed E-state index contributed by atoms with van der Waals surface area (Å²) in [6, 6.07) is 3.75. The van der Waals surface area contributed by atoms with Crippen LogP contribution in [-0.2, 0) is 20.5 Å². The quantitative estimate of drug-likeness (QED) is 0.586. The number of aromatic nitrogens is 5. The number of hydrogen-bond donors (Lipinski definition) is 1. The van der Waals surface area contributed by atoms with Gasteiger partial charge in [-0.3, -0.25) is 9.36 Å². The van der Waals surface area contributed by atoms with Gasteiger partial charge in [-0.15, -0.1) is 0 Å². The minimum Gasteiger partial charge on any atom is -0.493 e. The molecular weight excluding hydrogens is 347 g/mol. The Balaban J connectivity index is 0.000000159. The molecule has 1 aromatic carbocycles. The molecule has 0 unspecified atom stereocenters. The van der Waals surface area contributed by atoms with Crippen LogP contribution in [0.3, 0.4) is 0 Å². The van der Waals surface area contributed by atoms with Gasteiger partial charge in [0.2, 0.25) is 0 Å². The molecule has 27 heavy (non-hydrogen) atoms. The van der Waals surface area contributed by atoms with Gasteiger partial charge in [-0.05, 0) is 31.0 Å². The Morgan fingerprint density at radius 2 is 1.67 bits per heavy atom. The van der Waals surface area contributed by atoms with Crippen LogP contribution in [0, 0.1) is 12.7 Å². The number of rotatable bonds is 2. The Morgan fingerprint density at radius 1 is 1.07 bits per heavy atom. The number of methoxy groups -OCH3 is 1. The van der Waals surface area contributed by atoms with Crippen LogP contribution >= 0.6 is 0 Å². The number of ether oxygens (including phenoxy) is 1. The number of nitrogen functional groups attached to an aromatic ring is 1. The molecule has 0 aliphatic rings. The number of anilines is 1. The molecule has 0 atom stereocenters. The van der Waals surface area contributed by atoms with Gasteiger partial charge < -0.3 is 10.5 Å². The Bertz CT molecular complexity index is 1110. The molecule has 0 bridgehead atoms. The van der Waals surface area contributed by atoms with Gasteiger partial charge in [-0.2, -0.15) is 10.2 Å². The van der Waals surface area contributed by atoms with Gasteiger partial charge in [-0.25, -0.2) is 9.37 Å². The first kappa shape index (κ1) is 18.6. The van der Waals surface area contributed by atoms with Crippen molar-refractivity contribution in [1.29, 1.82) is 0 Å². The lowest BCUT2D eigenvalue weighted by Crippen LogP contribution is -1.95. The van der Waals surface area contributed by atoms with Crippen LogP contribution < -0.4 is 10.5 Å². The van der Waals surface area contributed by atoms with E-state index in [4.69, 9.17) is 10.5 Å². The Labute approximate surface area is 156 Å². The fourth-order valence-corrected chi connectivity index (χ4v) is 3.10. The van der Waals surface area contributed by atoms with Crippen molar-refractivity contribution in [2.24, 2.45) is 14.1 Å². The maximum Gasteiger partial charge on any atom is 0.193 e. The normalized spacial score (nSPS) is 10.9. The molecule has 0 fully saturated rings. The van der Waals surface area contributed by atoms with E-state index in [-0.39, 0.29) is 5.82 Å². The van der Waals surface area contributed by atoms with E-state index in [1.54, 1.807) is 22.6 Å². The van der Waals surface area contributed by atoms with Gasteiger partial charge in [0.05, 0.1) is 12.8 Å². The Kier molecular flexibility index (Phi) is 4.98. The second-order valence-electron chi connectivity index (χ2n) is 6.35. The highest BCUT2D eigenvalue weighted by Crippen LogP contribution is 2.29. The van der Waals surface area contributed by atoms with Gasteiger partial charge in [0.15, 0.2) is 11.6 Å². The zero-order valence-electron chi connectivity index (χ0n) is 16.1. The highest BCUT2D eigenvalue weighted by atomic mass is 19.1. The predicted octanol–water partition coefficient (Wildman–Crippen LogP) is 3.14. The van der Waals surface area contributed by atoms with Crippen molar-refractivity contribution in [3.05, 3.63) is 41.6 Å². The molecular formula is C19H23FN6O. The van der Waals surface area contributed by atoms with Gasteiger partial charge in [0.1, 0.15) is 16.9 Å². The fraction of sp³-hybridized carbons (Fsp3) is 0.316. The lowest BCUT2D eigenvalue weighted by molar-refractivity contribution is 0.384. The minimum atomic E-state index is -0.368. The summed E-state index contributed by atoms with van der Waals surface area (Å²) < 4.78 is 22.4. The van der Waals surface area contributed by atoms with Crippen molar-refractivity contribution in [2.75, 3.05) is 12.8 Å². The number of pyridine rings is 1. The van der Waals surface area contributed by atoms with Crippen LogP contribution in [0.5, 0.6) is 5.75 Å². The molecule has 3 heterocycles. The summed E-state index contributed by atoms with van der Waals surface area (Å²) >= 11 is 0. The molecule has 0 radical (unpaired) electrons. The number of halogens is 1. The van der Waals surface area contributed by atoms with E-state index in [0.29, 0.717) is 17.1 Å². The van der Waals surface area contributed by atoms with Crippen LogP contribution in [0.4, 0.5) is 10.2 Å². The van der Waals surface area contributed by atoms with Gasteiger partial charge in [0, 0.05) is 37.3 Å². The molecule has 0 amide bonds. The van der Waals surface area contributed by atoms with Gasteiger partial charge >= 0.3 is 0 Å². The smallest absolute Gasteiger partial charge is 0.193 e. The molecule has 3 aromatic heterocycles. The number of hydrogen-bond acceptors (Lipinski definition) is 5. The first-order valence-electron chi connectivity index (χ1n) is 8.59. The van der Waals surface area contributed by atoms with Gasteiger partial charge in [0.25, 0.3) is 0 Å². The predicted molar refractivity (Wildman–Crippen MR) is 104 cm³/mol. The highest BCUT2D eigenvalue weighted by molar-refractivity contribution is 5.82. The molecule has 4 aromatic rings. The van der Waals surface area contributed by atoms with Crippen molar-refractivity contribution in [3.8, 4) is 5.75 Å². The standard InChI is InChI=1S/C11H13FN2O.C8H10N4/c1-4-7-5-8-6-14(2)13-10(8)9(12)11(7)15-3;1-5-8-6(3-7(9)10-5)4-12(2)11-8/h5-6H,4H2,1-3H3;3-4H,9H2,1-2H3. The fourth-order valence-electron chi connectivity index (χ4n) is 3.10. The number of nitrogens with zero attached hydrogens (tertiary/aromatic N) is 5. The molecule has 0 saturated carbocycles. The number of benzene rings is 1. The molecule has 0 aliphatic heterocycles. The highest BCUT2D eigenvalue weighted by Gasteiger charge is 2.15. The molecule has 2 N–H and O–H groups in total. The van der Waals surface area contributed by atoms with E-state index >= 15 is 0 Å². The first-order valence-corrected chi connectivity index (χ1v) is 8.59. The number of aryl methyl sites for hydroxylation is 4. The summed E-state index contributed by atoms with van der Waals surface area (Å²) in [5, 5.41) is 10.2. The van der Waals surface area contributed by atoms with Crippen molar-refractivity contribution in [2.45, 2.75) is 20.3 Å². The molecule has 0 aliphatic carbocycles. The van der Waals surface area contributed by atoms with Crippen molar-refractivity contribution >= 4 is 27.6 Å². The van der Waals surface area contributed by atoms with Gasteiger partial charge in [-0.1, -0.05) is 6.92 Å². The summed E-state index contributed by atoms with van der Waals surface area (Å²) in [5.74, 6) is 0.490. The average Bonchev–Trinajstić information content (AvgIpc) is 3.17. The molecule has 142 valence electrons. The average molecular weight is 370 g/mol. The van der Waals surface area contributed by atoms with E-state index in [2.05, 4.69) is 15.2 Å². The molecule has 4 rings (SSSR count). The maximum absolute atomic E-state index is 13.9. The SMILES string of the molecule is CCc1cc2cn(C)nc2c(F)c1OC.Cc1nc(N)cc2cn(C)nc12. The third-order valence-corrected chi connectivity index (χ3v) is 4.27. The Morgan fingerprint density at radius 3 is 2.26 bits per heavy atom. The summed E-state index contributed by atoms with van der Waals surface area (Å²) in [7, 11) is 5.14. The van der Waals surface area contributed by atoms with E-state index in [9.17, 15) is 4.39 Å². The van der Waals surface area contributed by atoms with Crippen LogP contribution in [0.15, 0.2) is 24.5 Å². The molecule has 0 saturated heterocycles.